The zero-order valence-electron chi connectivity index (χ0n) is 16.9. The Balaban J connectivity index is 1.37. The first kappa shape index (κ1) is 19.9. The fraction of sp³-hybridized carbons (Fsp3) is 0.318. The fourth-order valence-electron chi connectivity index (χ4n) is 3.59. The number of rotatable bonds is 4. The van der Waals surface area contributed by atoms with E-state index < -0.39 is 5.82 Å². The topological polar surface area (TPSA) is 79.8 Å². The van der Waals surface area contributed by atoms with Gasteiger partial charge in [0.15, 0.2) is 5.76 Å². The molecule has 1 aromatic carbocycles. The zero-order valence-corrected chi connectivity index (χ0v) is 16.9. The van der Waals surface area contributed by atoms with E-state index in [1.54, 1.807) is 34.1 Å². The first-order valence-corrected chi connectivity index (χ1v) is 9.77. The van der Waals surface area contributed by atoms with Gasteiger partial charge in [0.05, 0.1) is 11.3 Å². The molecule has 0 unspecified atom stereocenters. The van der Waals surface area contributed by atoms with Crippen LogP contribution in [0, 0.1) is 19.7 Å². The highest BCUT2D eigenvalue weighted by Crippen LogP contribution is 2.20. The van der Waals surface area contributed by atoms with Crippen molar-refractivity contribution in [2.75, 3.05) is 26.2 Å². The number of furan rings is 1. The summed E-state index contributed by atoms with van der Waals surface area (Å²) < 4.78 is 24.8. The van der Waals surface area contributed by atoms with E-state index >= 15 is 0 Å². The highest BCUT2D eigenvalue weighted by Gasteiger charge is 2.28. The van der Waals surface area contributed by atoms with Crippen molar-refractivity contribution in [3.8, 4) is 0 Å². The van der Waals surface area contributed by atoms with E-state index in [4.69, 9.17) is 8.94 Å². The summed E-state index contributed by atoms with van der Waals surface area (Å²) in [5.41, 5.74) is 1.79. The van der Waals surface area contributed by atoms with Crippen LogP contribution in [0.2, 0.25) is 0 Å². The first-order chi connectivity index (χ1) is 14.4. The Morgan fingerprint density at radius 2 is 1.67 bits per heavy atom. The van der Waals surface area contributed by atoms with Crippen LogP contribution in [-0.2, 0) is 6.42 Å². The van der Waals surface area contributed by atoms with Crippen molar-refractivity contribution >= 4 is 11.8 Å². The van der Waals surface area contributed by atoms with Crippen molar-refractivity contribution in [1.29, 1.82) is 0 Å². The van der Waals surface area contributed by atoms with Gasteiger partial charge in [-0.1, -0.05) is 17.3 Å². The lowest BCUT2D eigenvalue weighted by molar-refractivity contribution is 0.0515. The third kappa shape index (κ3) is 3.85. The molecule has 3 aromatic rings. The number of carbonyl (C=O) groups excluding carboxylic acids is 2. The molecule has 0 spiro atoms. The Bertz CT molecular complexity index is 1060. The Morgan fingerprint density at radius 1 is 1.00 bits per heavy atom. The second-order valence-corrected chi connectivity index (χ2v) is 7.31. The number of amides is 2. The minimum atomic E-state index is -0.539. The average Bonchev–Trinajstić information content (AvgIpc) is 3.35. The molecule has 30 heavy (non-hydrogen) atoms. The lowest BCUT2D eigenvalue weighted by Gasteiger charge is -2.34. The Morgan fingerprint density at radius 3 is 2.30 bits per heavy atom. The molecule has 0 aliphatic carbocycles. The molecule has 1 aliphatic rings. The number of nitrogens with zero attached hydrogens (tertiary/aromatic N) is 3. The van der Waals surface area contributed by atoms with E-state index in [0.717, 1.165) is 17.0 Å². The van der Waals surface area contributed by atoms with Crippen LogP contribution in [0.3, 0.4) is 0 Å². The molecule has 7 nitrogen and oxygen atoms in total. The number of carbonyl (C=O) groups is 2. The van der Waals surface area contributed by atoms with Gasteiger partial charge in [-0.2, -0.15) is 0 Å². The van der Waals surface area contributed by atoms with Crippen molar-refractivity contribution in [3.05, 3.63) is 76.3 Å². The third-order valence-electron chi connectivity index (χ3n) is 5.36. The number of piperazine rings is 1. The summed E-state index contributed by atoms with van der Waals surface area (Å²) in [5, 5.41) is 3.93. The predicted octanol–water partition coefficient (Wildman–Crippen LogP) is 3.21. The zero-order chi connectivity index (χ0) is 21.3. The summed E-state index contributed by atoms with van der Waals surface area (Å²) in [6, 6.07) is 9.35. The minimum Gasteiger partial charge on any atom is -0.456 e. The van der Waals surface area contributed by atoms with E-state index in [1.807, 2.05) is 13.8 Å². The maximum absolute atomic E-state index is 13.9. The maximum atomic E-state index is 13.9. The molecule has 2 aromatic heterocycles. The van der Waals surface area contributed by atoms with Crippen LogP contribution in [-0.4, -0.2) is 52.9 Å². The van der Waals surface area contributed by atoms with Crippen LogP contribution in [0.15, 0.2) is 45.3 Å². The van der Waals surface area contributed by atoms with Crippen LogP contribution < -0.4 is 0 Å². The number of hydrogen-bond acceptors (Lipinski definition) is 5. The van der Waals surface area contributed by atoms with Crippen molar-refractivity contribution in [2.45, 2.75) is 20.3 Å². The molecule has 3 heterocycles. The molecular weight excluding hydrogens is 389 g/mol. The molecule has 8 heteroatoms. The van der Waals surface area contributed by atoms with Gasteiger partial charge in [-0.3, -0.25) is 9.59 Å². The van der Waals surface area contributed by atoms with Crippen molar-refractivity contribution in [3.63, 3.8) is 0 Å². The first-order valence-electron chi connectivity index (χ1n) is 9.77. The molecule has 0 radical (unpaired) electrons. The SMILES string of the molecule is Cc1noc(C)c1Cc1ccc(C(=O)N2CCN(C(=O)c3ccccc3F)CC2)o1. The van der Waals surface area contributed by atoms with Gasteiger partial charge in [0.1, 0.15) is 17.3 Å². The smallest absolute Gasteiger partial charge is 0.289 e. The van der Waals surface area contributed by atoms with E-state index in [0.29, 0.717) is 38.4 Å². The normalized spacial score (nSPS) is 14.2. The second-order valence-electron chi connectivity index (χ2n) is 7.31. The van der Waals surface area contributed by atoms with Crippen molar-refractivity contribution in [2.24, 2.45) is 0 Å². The average molecular weight is 411 g/mol. The standard InChI is InChI=1S/C22H22FN3O4/c1-14-18(15(2)30-24-14)13-16-7-8-20(29-16)22(28)26-11-9-25(10-12-26)21(27)17-5-3-4-6-19(17)23/h3-8H,9-13H2,1-2H3. The monoisotopic (exact) mass is 411 g/mol. The van der Waals surface area contributed by atoms with Gasteiger partial charge in [0.2, 0.25) is 0 Å². The Kier molecular flexibility index (Phi) is 5.39. The molecule has 0 N–H and O–H groups in total. The Labute approximate surface area is 173 Å². The summed E-state index contributed by atoms with van der Waals surface area (Å²) in [6.45, 7) is 5.10. The molecule has 1 saturated heterocycles. The van der Waals surface area contributed by atoms with Crippen LogP contribution in [0.4, 0.5) is 4.39 Å². The highest BCUT2D eigenvalue weighted by atomic mass is 19.1. The van der Waals surface area contributed by atoms with E-state index in [2.05, 4.69) is 5.16 Å². The van der Waals surface area contributed by atoms with Crippen molar-refractivity contribution in [1.82, 2.24) is 15.0 Å². The number of halogens is 1. The lowest BCUT2D eigenvalue weighted by Crippen LogP contribution is -2.50. The summed E-state index contributed by atoms with van der Waals surface area (Å²) in [4.78, 5) is 28.5. The van der Waals surface area contributed by atoms with Gasteiger partial charge in [-0.15, -0.1) is 0 Å². The fourth-order valence-corrected chi connectivity index (χ4v) is 3.59. The lowest BCUT2D eigenvalue weighted by atomic mass is 10.1. The van der Waals surface area contributed by atoms with Crippen LogP contribution in [0.25, 0.3) is 0 Å². The summed E-state index contributed by atoms with van der Waals surface area (Å²) in [7, 11) is 0. The third-order valence-corrected chi connectivity index (χ3v) is 5.36. The summed E-state index contributed by atoms with van der Waals surface area (Å²) in [6.07, 6.45) is 0.499. The number of benzene rings is 1. The van der Waals surface area contributed by atoms with Gasteiger partial charge in [0.25, 0.3) is 11.8 Å². The molecule has 0 atom stereocenters. The van der Waals surface area contributed by atoms with Crippen LogP contribution in [0.5, 0.6) is 0 Å². The summed E-state index contributed by atoms with van der Waals surface area (Å²) >= 11 is 0. The van der Waals surface area contributed by atoms with Gasteiger partial charge in [-0.05, 0) is 38.1 Å². The number of aromatic nitrogens is 1. The van der Waals surface area contributed by atoms with E-state index in [1.165, 1.54) is 12.1 Å². The molecular formula is C22H22FN3O4. The molecule has 156 valence electrons. The largest absolute Gasteiger partial charge is 0.456 e. The molecule has 1 fully saturated rings. The van der Waals surface area contributed by atoms with Gasteiger partial charge in [-0.25, -0.2) is 4.39 Å². The molecule has 1 aliphatic heterocycles. The highest BCUT2D eigenvalue weighted by molar-refractivity contribution is 5.95. The van der Waals surface area contributed by atoms with Gasteiger partial charge < -0.3 is 18.7 Å². The number of aryl methyl sites for hydroxylation is 2. The molecule has 4 rings (SSSR count). The van der Waals surface area contributed by atoms with Gasteiger partial charge in [0, 0.05) is 38.2 Å². The summed E-state index contributed by atoms with van der Waals surface area (Å²) in [5.74, 6) is 0.513. The second kappa shape index (κ2) is 8.14. The number of hydrogen-bond donors (Lipinski definition) is 0. The predicted molar refractivity (Wildman–Crippen MR) is 106 cm³/mol. The van der Waals surface area contributed by atoms with Gasteiger partial charge >= 0.3 is 0 Å². The molecule has 0 bridgehead atoms. The van der Waals surface area contributed by atoms with E-state index in [9.17, 15) is 14.0 Å². The van der Waals surface area contributed by atoms with E-state index in [-0.39, 0.29) is 23.1 Å². The maximum Gasteiger partial charge on any atom is 0.289 e. The quantitative estimate of drug-likeness (QED) is 0.659. The molecule has 2 amide bonds. The minimum absolute atomic E-state index is 0.0484. The van der Waals surface area contributed by atoms with Crippen LogP contribution >= 0.6 is 0 Å². The van der Waals surface area contributed by atoms with Crippen LogP contribution in [0.1, 0.15) is 43.7 Å². The molecule has 0 saturated carbocycles. The Hall–Kier alpha value is -3.42. The van der Waals surface area contributed by atoms with Crippen molar-refractivity contribution < 1.29 is 22.9 Å².